The molecule has 1 heterocycles. The first-order valence-corrected chi connectivity index (χ1v) is 24.6. The Bertz CT molecular complexity index is 3930. The normalized spacial score (nSPS) is 12.1. The Morgan fingerprint density at radius 1 is 0.314 bits per heavy atom. The Morgan fingerprint density at radius 2 is 0.914 bits per heavy atom. The first-order valence-electron chi connectivity index (χ1n) is 24.6. The van der Waals surface area contributed by atoms with Gasteiger partial charge in [-0.2, -0.15) is 0 Å². The molecule has 1 aromatic heterocycles. The van der Waals surface area contributed by atoms with Gasteiger partial charge in [0.05, 0.1) is 5.69 Å². The highest BCUT2D eigenvalue weighted by Gasteiger charge is 2.24. The van der Waals surface area contributed by atoms with E-state index in [1.807, 2.05) is 12.1 Å². The van der Waals surface area contributed by atoms with Gasteiger partial charge in [-0.1, -0.05) is 217 Å². The van der Waals surface area contributed by atoms with E-state index in [4.69, 9.17) is 4.42 Å². The molecule has 0 aliphatic carbocycles. The molecule has 0 fully saturated rings. The van der Waals surface area contributed by atoms with Crippen molar-refractivity contribution in [2.75, 3.05) is 4.90 Å². The van der Waals surface area contributed by atoms with Crippen molar-refractivity contribution in [1.82, 2.24) is 0 Å². The molecule has 0 saturated heterocycles. The van der Waals surface area contributed by atoms with Crippen molar-refractivity contribution in [2.24, 2.45) is 0 Å². The molecule has 0 bridgehead atoms. The fraction of sp³-hybridized carbons (Fsp3) is 0.118. The first-order chi connectivity index (χ1) is 34.0. The second-order valence-corrected chi connectivity index (χ2v) is 21.0. The molecule has 0 aliphatic heterocycles. The average Bonchev–Trinajstić information content (AvgIpc) is 3.76. The monoisotopic (exact) mass is 901 g/mol. The van der Waals surface area contributed by atoms with Crippen molar-refractivity contribution >= 4 is 71.3 Å². The molecule has 2 nitrogen and oxygen atoms in total. The zero-order valence-corrected chi connectivity index (χ0v) is 40.7. The van der Waals surface area contributed by atoms with E-state index in [0.717, 1.165) is 55.7 Å². The number of rotatable bonds is 7. The third kappa shape index (κ3) is 7.61. The molecule has 0 N–H and O–H groups in total. The van der Waals surface area contributed by atoms with Crippen LogP contribution in [0.25, 0.3) is 98.8 Å². The van der Waals surface area contributed by atoms with E-state index < -0.39 is 0 Å². The van der Waals surface area contributed by atoms with Crippen LogP contribution in [0.5, 0.6) is 0 Å². The van der Waals surface area contributed by atoms with Gasteiger partial charge in [0.25, 0.3) is 0 Å². The van der Waals surface area contributed by atoms with Crippen LogP contribution < -0.4 is 4.90 Å². The summed E-state index contributed by atoms with van der Waals surface area (Å²) in [6, 6.07) is 82.8. The van der Waals surface area contributed by atoms with E-state index >= 15 is 0 Å². The van der Waals surface area contributed by atoms with Crippen LogP contribution in [0.4, 0.5) is 17.1 Å². The van der Waals surface area contributed by atoms with Gasteiger partial charge in [0.1, 0.15) is 11.2 Å². The molecule has 0 atom stereocenters. The summed E-state index contributed by atoms with van der Waals surface area (Å²) >= 11 is 0. The summed E-state index contributed by atoms with van der Waals surface area (Å²) in [5.41, 5.74) is 17.2. The van der Waals surface area contributed by atoms with Crippen LogP contribution in [0.1, 0.15) is 52.7 Å². The summed E-state index contributed by atoms with van der Waals surface area (Å²) in [5, 5.41) is 9.73. The number of para-hydroxylation sites is 2. The van der Waals surface area contributed by atoms with Crippen LogP contribution in [0.15, 0.2) is 229 Å². The number of hydrogen-bond acceptors (Lipinski definition) is 2. The number of fused-ring (bicyclic) bond motifs is 7. The smallest absolute Gasteiger partial charge is 0.135 e. The zero-order valence-electron chi connectivity index (χ0n) is 40.7. The second kappa shape index (κ2) is 16.8. The standard InChI is InChI=1S/C68H55NO/c1-67(2,3)50-39-49(40-51(43-50)68(4,5)6)56-26-14-18-46-19-15-28-61(66(46)56)59-23-9-11-29-63(59)69(52-35-31-44(32-36-52)47-34-38-65-62(42-47)60-24-10-12-30-64(60)70-65)53-21-13-20-48(41-53)55-25-16-27-57-54-22-8-7-17-45(54)33-37-58(55)57/h7-43H,1-6H3. The van der Waals surface area contributed by atoms with Crippen molar-refractivity contribution in [3.63, 3.8) is 0 Å². The number of furan rings is 1. The minimum absolute atomic E-state index is 0.0131. The predicted molar refractivity (Wildman–Crippen MR) is 300 cm³/mol. The van der Waals surface area contributed by atoms with Gasteiger partial charge in [-0.3, -0.25) is 0 Å². The maximum atomic E-state index is 6.21. The molecule has 11 aromatic carbocycles. The Balaban J connectivity index is 1.05. The lowest BCUT2D eigenvalue weighted by molar-refractivity contribution is 0.569. The van der Waals surface area contributed by atoms with Crippen LogP contribution >= 0.6 is 0 Å². The zero-order chi connectivity index (χ0) is 47.7. The molecular weight excluding hydrogens is 847 g/mol. The highest BCUT2D eigenvalue weighted by atomic mass is 16.3. The number of benzene rings is 11. The highest BCUT2D eigenvalue weighted by molar-refractivity contribution is 6.13. The molecule has 12 rings (SSSR count). The first kappa shape index (κ1) is 43.1. The largest absolute Gasteiger partial charge is 0.456 e. The Morgan fingerprint density at radius 3 is 1.70 bits per heavy atom. The van der Waals surface area contributed by atoms with E-state index in [0.29, 0.717) is 0 Å². The maximum Gasteiger partial charge on any atom is 0.135 e. The lowest BCUT2D eigenvalue weighted by atomic mass is 9.78. The van der Waals surface area contributed by atoms with Crippen molar-refractivity contribution < 1.29 is 4.42 Å². The van der Waals surface area contributed by atoms with Crippen LogP contribution in [-0.4, -0.2) is 0 Å². The van der Waals surface area contributed by atoms with Gasteiger partial charge in [0.15, 0.2) is 0 Å². The van der Waals surface area contributed by atoms with Gasteiger partial charge in [-0.05, 0) is 142 Å². The molecule has 0 aliphatic rings. The lowest BCUT2D eigenvalue weighted by Gasteiger charge is -2.29. The van der Waals surface area contributed by atoms with Crippen LogP contribution in [0.3, 0.4) is 0 Å². The van der Waals surface area contributed by atoms with E-state index in [2.05, 4.69) is 259 Å². The van der Waals surface area contributed by atoms with Gasteiger partial charge in [0, 0.05) is 27.7 Å². The number of hydrogen-bond donors (Lipinski definition) is 0. The Kier molecular flexibility index (Phi) is 10.3. The van der Waals surface area contributed by atoms with Crippen LogP contribution in [0.2, 0.25) is 0 Å². The summed E-state index contributed by atoms with van der Waals surface area (Å²) in [5.74, 6) is 0. The van der Waals surface area contributed by atoms with Gasteiger partial charge >= 0.3 is 0 Å². The minimum Gasteiger partial charge on any atom is -0.456 e. The van der Waals surface area contributed by atoms with Crippen molar-refractivity contribution in [3.8, 4) is 44.5 Å². The van der Waals surface area contributed by atoms with Crippen LogP contribution in [-0.2, 0) is 10.8 Å². The lowest BCUT2D eigenvalue weighted by Crippen LogP contribution is -2.16. The van der Waals surface area contributed by atoms with Gasteiger partial charge < -0.3 is 9.32 Å². The average molecular weight is 902 g/mol. The summed E-state index contributed by atoms with van der Waals surface area (Å²) in [6.07, 6.45) is 0. The van der Waals surface area contributed by atoms with E-state index in [9.17, 15) is 0 Å². The van der Waals surface area contributed by atoms with Crippen LogP contribution in [0, 0.1) is 0 Å². The number of nitrogens with zero attached hydrogens (tertiary/aromatic N) is 1. The maximum absolute atomic E-state index is 6.21. The van der Waals surface area contributed by atoms with E-state index in [1.54, 1.807) is 0 Å². The summed E-state index contributed by atoms with van der Waals surface area (Å²) in [6.45, 7) is 13.9. The Hall–Kier alpha value is -8.20. The Labute approximate surface area is 411 Å². The molecule has 2 heteroatoms. The molecule has 12 aromatic rings. The molecule has 70 heavy (non-hydrogen) atoms. The minimum atomic E-state index is -0.0131. The van der Waals surface area contributed by atoms with Crippen molar-refractivity contribution in [1.29, 1.82) is 0 Å². The molecule has 338 valence electrons. The van der Waals surface area contributed by atoms with Gasteiger partial charge in [-0.15, -0.1) is 0 Å². The molecule has 0 radical (unpaired) electrons. The predicted octanol–water partition coefficient (Wildman–Crippen LogP) is 19.8. The number of anilines is 3. The summed E-state index contributed by atoms with van der Waals surface area (Å²) < 4.78 is 6.21. The topological polar surface area (TPSA) is 16.4 Å². The van der Waals surface area contributed by atoms with Gasteiger partial charge in [-0.25, -0.2) is 0 Å². The fourth-order valence-electron chi connectivity index (χ4n) is 10.6. The highest BCUT2D eigenvalue weighted by Crippen LogP contribution is 2.47. The quantitative estimate of drug-likeness (QED) is 0.148. The molecule has 0 saturated carbocycles. The van der Waals surface area contributed by atoms with Crippen molar-refractivity contribution in [2.45, 2.75) is 52.4 Å². The fourth-order valence-corrected chi connectivity index (χ4v) is 10.6. The third-order valence-electron chi connectivity index (χ3n) is 14.4. The molecular formula is C68H55NO. The van der Waals surface area contributed by atoms with Gasteiger partial charge in [0.2, 0.25) is 0 Å². The molecule has 0 amide bonds. The SMILES string of the molecule is CC(C)(C)c1cc(-c2cccc3cccc(-c4ccccc4N(c4ccc(-c5ccc6oc7ccccc7c6c5)cc4)c4cccc(-c5cccc6c5ccc5ccccc56)c4)c23)cc(C(C)(C)C)c1. The third-order valence-corrected chi connectivity index (χ3v) is 14.4. The molecule has 0 spiro atoms. The summed E-state index contributed by atoms with van der Waals surface area (Å²) in [4.78, 5) is 2.45. The second-order valence-electron chi connectivity index (χ2n) is 21.0. The summed E-state index contributed by atoms with van der Waals surface area (Å²) in [7, 11) is 0. The molecule has 0 unspecified atom stereocenters. The van der Waals surface area contributed by atoms with Crippen molar-refractivity contribution in [3.05, 3.63) is 236 Å². The van der Waals surface area contributed by atoms with E-state index in [1.165, 1.54) is 71.3 Å². The van der Waals surface area contributed by atoms with E-state index in [-0.39, 0.29) is 10.8 Å².